The highest BCUT2D eigenvalue weighted by atomic mass is 32.1. The van der Waals surface area contributed by atoms with Crippen LogP contribution in [0, 0.1) is 0 Å². The van der Waals surface area contributed by atoms with Crippen molar-refractivity contribution in [1.29, 1.82) is 0 Å². The van der Waals surface area contributed by atoms with Crippen LogP contribution in [0.15, 0.2) is 24.3 Å². The molecule has 2 aromatic rings. The third-order valence-electron chi connectivity index (χ3n) is 2.93. The van der Waals surface area contributed by atoms with Crippen LogP contribution in [0.3, 0.4) is 0 Å². The molecule has 0 radical (unpaired) electrons. The Morgan fingerprint density at radius 1 is 1.29 bits per heavy atom. The largest absolute Gasteiger partial charge is 0.484 e. The number of aryl methyl sites for hydroxylation is 1. The number of amides is 1. The number of nitrogens with zero attached hydrogens (tertiary/aromatic N) is 2. The lowest BCUT2D eigenvalue weighted by atomic mass is 10.0. The molecule has 5 nitrogen and oxygen atoms in total. The zero-order chi connectivity index (χ0) is 15.2. The number of benzene rings is 1. The van der Waals surface area contributed by atoms with E-state index in [4.69, 9.17) is 4.74 Å². The predicted molar refractivity (Wildman–Crippen MR) is 83.9 cm³/mol. The van der Waals surface area contributed by atoms with Crippen LogP contribution in [0.25, 0.3) is 0 Å². The van der Waals surface area contributed by atoms with Crippen LogP contribution in [0.1, 0.15) is 37.3 Å². The minimum absolute atomic E-state index is 0.0396. The average Bonchev–Trinajstić information content (AvgIpc) is 2.93. The first kappa shape index (κ1) is 15.4. The molecule has 0 aliphatic carbocycles. The van der Waals surface area contributed by atoms with Crippen molar-refractivity contribution >= 4 is 22.4 Å². The number of carbonyl (C=O) groups excluding carboxylic acids is 1. The fourth-order valence-electron chi connectivity index (χ4n) is 1.70. The maximum Gasteiger partial charge on any atom is 0.264 e. The molecule has 0 atom stereocenters. The summed E-state index contributed by atoms with van der Waals surface area (Å²) < 4.78 is 5.45. The Labute approximate surface area is 128 Å². The van der Waals surface area contributed by atoms with Gasteiger partial charge in [-0.3, -0.25) is 10.1 Å². The molecule has 2 rings (SSSR count). The number of carbonyl (C=O) groups is 1. The van der Waals surface area contributed by atoms with Gasteiger partial charge in [-0.15, -0.1) is 10.2 Å². The molecular formula is C15H19N3O2S. The Bertz CT molecular complexity index is 593. The molecule has 0 saturated carbocycles. The molecule has 0 aliphatic heterocycles. The second kappa shape index (κ2) is 7.17. The number of hydrogen-bond donors (Lipinski definition) is 1. The topological polar surface area (TPSA) is 64.1 Å². The summed E-state index contributed by atoms with van der Waals surface area (Å²) >= 11 is 1.38. The first-order valence-electron chi connectivity index (χ1n) is 6.93. The van der Waals surface area contributed by atoms with Gasteiger partial charge in [0, 0.05) is 0 Å². The van der Waals surface area contributed by atoms with E-state index in [-0.39, 0.29) is 12.5 Å². The Balaban J connectivity index is 1.83. The average molecular weight is 305 g/mol. The standard InChI is InChI=1S/C15H19N3O2S/c1-4-14-17-18-15(21-14)16-13(19)9-20-12-7-5-11(6-8-12)10(2)3/h5-8,10H,4,9H2,1-3H3,(H,16,18,19). The molecule has 0 unspecified atom stereocenters. The normalized spacial score (nSPS) is 10.7. The fraction of sp³-hybridized carbons (Fsp3) is 0.400. The molecule has 1 heterocycles. The van der Waals surface area contributed by atoms with Crippen molar-refractivity contribution < 1.29 is 9.53 Å². The third-order valence-corrected chi connectivity index (χ3v) is 3.92. The molecule has 1 aromatic heterocycles. The summed E-state index contributed by atoms with van der Waals surface area (Å²) in [4.78, 5) is 11.8. The Morgan fingerprint density at radius 3 is 2.57 bits per heavy atom. The van der Waals surface area contributed by atoms with Crippen molar-refractivity contribution in [3.63, 3.8) is 0 Å². The molecule has 0 saturated heterocycles. The summed E-state index contributed by atoms with van der Waals surface area (Å²) in [5.41, 5.74) is 1.24. The van der Waals surface area contributed by atoms with Gasteiger partial charge in [0.25, 0.3) is 5.91 Å². The molecular weight excluding hydrogens is 286 g/mol. The molecule has 0 spiro atoms. The number of aromatic nitrogens is 2. The van der Waals surface area contributed by atoms with E-state index >= 15 is 0 Å². The van der Waals surface area contributed by atoms with Gasteiger partial charge in [-0.1, -0.05) is 44.2 Å². The number of rotatable bonds is 6. The highest BCUT2D eigenvalue weighted by Gasteiger charge is 2.08. The van der Waals surface area contributed by atoms with Gasteiger partial charge in [0.1, 0.15) is 10.8 Å². The number of ether oxygens (including phenoxy) is 1. The van der Waals surface area contributed by atoms with Gasteiger partial charge in [-0.25, -0.2) is 0 Å². The number of hydrogen-bond acceptors (Lipinski definition) is 5. The van der Waals surface area contributed by atoms with Crippen molar-refractivity contribution in [2.45, 2.75) is 33.1 Å². The smallest absolute Gasteiger partial charge is 0.264 e. The monoisotopic (exact) mass is 305 g/mol. The van der Waals surface area contributed by atoms with Crippen LogP contribution < -0.4 is 10.1 Å². The maximum absolute atomic E-state index is 11.8. The van der Waals surface area contributed by atoms with E-state index in [1.165, 1.54) is 16.9 Å². The van der Waals surface area contributed by atoms with E-state index in [9.17, 15) is 4.79 Å². The molecule has 112 valence electrons. The highest BCUT2D eigenvalue weighted by molar-refractivity contribution is 7.15. The molecule has 0 fully saturated rings. The van der Waals surface area contributed by atoms with E-state index in [0.717, 1.165) is 11.4 Å². The van der Waals surface area contributed by atoms with Crippen LogP contribution >= 0.6 is 11.3 Å². The molecule has 1 aromatic carbocycles. The van der Waals surface area contributed by atoms with E-state index in [1.807, 2.05) is 31.2 Å². The highest BCUT2D eigenvalue weighted by Crippen LogP contribution is 2.19. The summed E-state index contributed by atoms with van der Waals surface area (Å²) in [5, 5.41) is 11.9. The summed E-state index contributed by atoms with van der Waals surface area (Å²) in [5.74, 6) is 0.926. The van der Waals surface area contributed by atoms with Gasteiger partial charge in [-0.2, -0.15) is 0 Å². The van der Waals surface area contributed by atoms with Gasteiger partial charge in [0.15, 0.2) is 6.61 Å². The van der Waals surface area contributed by atoms with Gasteiger partial charge in [-0.05, 0) is 30.0 Å². The zero-order valence-electron chi connectivity index (χ0n) is 12.4. The summed E-state index contributed by atoms with van der Waals surface area (Å²) in [6.45, 7) is 6.23. The first-order chi connectivity index (χ1) is 10.1. The van der Waals surface area contributed by atoms with Gasteiger partial charge in [0.2, 0.25) is 5.13 Å². The number of anilines is 1. The quantitative estimate of drug-likeness (QED) is 0.890. The lowest BCUT2D eigenvalue weighted by molar-refractivity contribution is -0.118. The van der Waals surface area contributed by atoms with Crippen LogP contribution in [0.5, 0.6) is 5.75 Å². The van der Waals surface area contributed by atoms with E-state index in [2.05, 4.69) is 29.4 Å². The van der Waals surface area contributed by atoms with E-state index in [0.29, 0.717) is 16.8 Å². The number of nitrogens with one attached hydrogen (secondary N) is 1. The SMILES string of the molecule is CCc1nnc(NC(=O)COc2ccc(C(C)C)cc2)s1. The molecule has 1 amide bonds. The Morgan fingerprint density at radius 2 is 2.00 bits per heavy atom. The van der Waals surface area contributed by atoms with Gasteiger partial charge in [0.05, 0.1) is 0 Å². The third kappa shape index (κ3) is 4.53. The van der Waals surface area contributed by atoms with Crippen molar-refractivity contribution in [2.75, 3.05) is 11.9 Å². The molecule has 0 bridgehead atoms. The Hall–Kier alpha value is -1.95. The minimum atomic E-state index is -0.235. The van der Waals surface area contributed by atoms with Crippen LogP contribution in [0.4, 0.5) is 5.13 Å². The van der Waals surface area contributed by atoms with Crippen molar-refractivity contribution in [2.24, 2.45) is 0 Å². The lowest BCUT2D eigenvalue weighted by Gasteiger charge is -2.08. The van der Waals surface area contributed by atoms with Crippen molar-refractivity contribution in [1.82, 2.24) is 10.2 Å². The molecule has 21 heavy (non-hydrogen) atoms. The first-order valence-corrected chi connectivity index (χ1v) is 7.75. The molecule has 6 heteroatoms. The van der Waals surface area contributed by atoms with Crippen LogP contribution in [-0.4, -0.2) is 22.7 Å². The van der Waals surface area contributed by atoms with E-state index < -0.39 is 0 Å². The summed E-state index contributed by atoms with van der Waals surface area (Å²) in [6, 6.07) is 7.78. The lowest BCUT2D eigenvalue weighted by Crippen LogP contribution is -2.20. The maximum atomic E-state index is 11.8. The van der Waals surface area contributed by atoms with Crippen LogP contribution in [-0.2, 0) is 11.2 Å². The van der Waals surface area contributed by atoms with Crippen molar-refractivity contribution in [3.8, 4) is 5.75 Å². The van der Waals surface area contributed by atoms with Gasteiger partial charge < -0.3 is 4.74 Å². The van der Waals surface area contributed by atoms with Crippen molar-refractivity contribution in [3.05, 3.63) is 34.8 Å². The molecule has 1 N–H and O–H groups in total. The second-order valence-corrected chi connectivity index (χ2v) is 5.98. The summed E-state index contributed by atoms with van der Waals surface area (Å²) in [6.07, 6.45) is 0.812. The molecule has 0 aliphatic rings. The Kier molecular flexibility index (Phi) is 5.27. The van der Waals surface area contributed by atoms with E-state index in [1.54, 1.807) is 0 Å². The fourth-order valence-corrected chi connectivity index (χ4v) is 2.40. The van der Waals surface area contributed by atoms with Gasteiger partial charge >= 0.3 is 0 Å². The minimum Gasteiger partial charge on any atom is -0.484 e. The second-order valence-electron chi connectivity index (χ2n) is 4.92. The summed E-state index contributed by atoms with van der Waals surface area (Å²) in [7, 11) is 0. The zero-order valence-corrected chi connectivity index (χ0v) is 13.2. The predicted octanol–water partition coefficient (Wildman–Crippen LogP) is 3.24. The van der Waals surface area contributed by atoms with Crippen LogP contribution in [0.2, 0.25) is 0 Å².